The van der Waals surface area contributed by atoms with Crippen molar-refractivity contribution in [1.29, 1.82) is 0 Å². The number of nitrogens with one attached hydrogen (secondary N) is 1. The highest BCUT2D eigenvalue weighted by atomic mass is 16.5. The van der Waals surface area contributed by atoms with Gasteiger partial charge in [0, 0.05) is 18.2 Å². The van der Waals surface area contributed by atoms with Crippen molar-refractivity contribution in [1.82, 2.24) is 0 Å². The van der Waals surface area contributed by atoms with Crippen molar-refractivity contribution in [3.05, 3.63) is 53.6 Å². The molecule has 0 saturated heterocycles. The molecule has 6 nitrogen and oxygen atoms in total. The smallest absolute Gasteiger partial charge is 0.306 e. The van der Waals surface area contributed by atoms with Crippen molar-refractivity contribution >= 4 is 17.6 Å². The van der Waals surface area contributed by atoms with Gasteiger partial charge in [-0.1, -0.05) is 12.1 Å². The van der Waals surface area contributed by atoms with Crippen LogP contribution in [0.1, 0.15) is 24.5 Å². The van der Waals surface area contributed by atoms with Gasteiger partial charge in [-0.2, -0.15) is 0 Å². The number of esters is 1. The largest absolute Gasteiger partial charge is 0.497 e. The Morgan fingerprint density at radius 2 is 1.70 bits per heavy atom. The standard InChI is InChI=1S/C21H25NO5/c1-14-6-5-7-17(10-14)22-21(24)15(2)27-20(23)9-8-16-11-18(25-3)13-19(12-16)26-4/h5-7,10-13,15H,8-9H2,1-4H3,(H,22,24). The van der Waals surface area contributed by atoms with E-state index in [-0.39, 0.29) is 12.3 Å². The van der Waals surface area contributed by atoms with Crippen LogP contribution in [-0.2, 0) is 20.7 Å². The summed E-state index contributed by atoms with van der Waals surface area (Å²) < 4.78 is 15.7. The molecule has 0 bridgehead atoms. The van der Waals surface area contributed by atoms with E-state index in [9.17, 15) is 9.59 Å². The van der Waals surface area contributed by atoms with E-state index in [4.69, 9.17) is 14.2 Å². The van der Waals surface area contributed by atoms with Crippen LogP contribution in [0.5, 0.6) is 11.5 Å². The summed E-state index contributed by atoms with van der Waals surface area (Å²) >= 11 is 0. The number of carbonyl (C=O) groups is 2. The van der Waals surface area contributed by atoms with Crippen molar-refractivity contribution in [3.63, 3.8) is 0 Å². The zero-order chi connectivity index (χ0) is 19.8. The van der Waals surface area contributed by atoms with Gasteiger partial charge in [0.15, 0.2) is 6.10 Å². The van der Waals surface area contributed by atoms with E-state index in [0.717, 1.165) is 11.1 Å². The maximum Gasteiger partial charge on any atom is 0.306 e. The van der Waals surface area contributed by atoms with Gasteiger partial charge in [-0.25, -0.2) is 0 Å². The molecule has 2 aromatic rings. The minimum Gasteiger partial charge on any atom is -0.497 e. The molecule has 144 valence electrons. The van der Waals surface area contributed by atoms with Gasteiger partial charge in [-0.15, -0.1) is 0 Å². The fraction of sp³-hybridized carbons (Fsp3) is 0.333. The number of anilines is 1. The monoisotopic (exact) mass is 371 g/mol. The lowest BCUT2D eigenvalue weighted by atomic mass is 10.1. The highest BCUT2D eigenvalue weighted by molar-refractivity contribution is 5.95. The summed E-state index contributed by atoms with van der Waals surface area (Å²) in [5.74, 6) is 0.507. The molecule has 1 atom stereocenters. The first-order valence-electron chi connectivity index (χ1n) is 8.70. The molecular weight excluding hydrogens is 346 g/mol. The van der Waals surface area contributed by atoms with Crippen molar-refractivity contribution in [3.8, 4) is 11.5 Å². The average Bonchev–Trinajstić information content (AvgIpc) is 2.66. The molecule has 0 aliphatic carbocycles. The van der Waals surface area contributed by atoms with E-state index in [1.165, 1.54) is 0 Å². The maximum atomic E-state index is 12.2. The molecule has 0 fully saturated rings. The lowest BCUT2D eigenvalue weighted by Gasteiger charge is -2.14. The number of carbonyl (C=O) groups excluding carboxylic acids is 2. The summed E-state index contributed by atoms with van der Waals surface area (Å²) in [5, 5.41) is 2.74. The van der Waals surface area contributed by atoms with Gasteiger partial charge >= 0.3 is 5.97 Å². The van der Waals surface area contributed by atoms with Crippen molar-refractivity contribution < 1.29 is 23.8 Å². The summed E-state index contributed by atoms with van der Waals surface area (Å²) in [6, 6.07) is 12.9. The van der Waals surface area contributed by atoms with Crippen LogP contribution in [0, 0.1) is 6.92 Å². The number of rotatable bonds is 8. The SMILES string of the molecule is COc1cc(CCC(=O)OC(C)C(=O)Nc2cccc(C)c2)cc(OC)c1. The predicted molar refractivity (Wildman–Crippen MR) is 103 cm³/mol. The van der Waals surface area contributed by atoms with Crippen LogP contribution in [0.4, 0.5) is 5.69 Å². The number of hydrogen-bond donors (Lipinski definition) is 1. The number of methoxy groups -OCH3 is 2. The van der Waals surface area contributed by atoms with Crippen molar-refractivity contribution in [2.24, 2.45) is 0 Å². The molecule has 1 unspecified atom stereocenters. The van der Waals surface area contributed by atoms with Crippen LogP contribution in [0.25, 0.3) is 0 Å². The third-order valence-corrected chi connectivity index (χ3v) is 3.99. The number of aryl methyl sites for hydroxylation is 2. The van der Waals surface area contributed by atoms with E-state index >= 15 is 0 Å². The van der Waals surface area contributed by atoms with Gasteiger partial charge in [0.1, 0.15) is 11.5 Å². The van der Waals surface area contributed by atoms with E-state index in [2.05, 4.69) is 5.32 Å². The second-order valence-corrected chi connectivity index (χ2v) is 6.21. The molecule has 2 aromatic carbocycles. The Labute approximate surface area is 159 Å². The number of hydrogen-bond acceptors (Lipinski definition) is 5. The second-order valence-electron chi connectivity index (χ2n) is 6.21. The molecule has 1 amide bonds. The summed E-state index contributed by atoms with van der Waals surface area (Å²) in [7, 11) is 3.14. The topological polar surface area (TPSA) is 73.9 Å². The normalized spacial score (nSPS) is 11.4. The third kappa shape index (κ3) is 6.33. The Bertz CT molecular complexity index is 781. The first kappa shape index (κ1) is 20.3. The van der Waals surface area contributed by atoms with Crippen LogP contribution in [0.3, 0.4) is 0 Å². The molecule has 27 heavy (non-hydrogen) atoms. The highest BCUT2D eigenvalue weighted by Gasteiger charge is 2.18. The van der Waals surface area contributed by atoms with E-state index in [1.807, 2.05) is 37.3 Å². The van der Waals surface area contributed by atoms with Gasteiger partial charge in [0.2, 0.25) is 0 Å². The van der Waals surface area contributed by atoms with E-state index in [1.54, 1.807) is 33.3 Å². The maximum absolute atomic E-state index is 12.2. The molecule has 0 aliphatic rings. The summed E-state index contributed by atoms with van der Waals surface area (Å²) in [5.41, 5.74) is 2.59. The average molecular weight is 371 g/mol. The van der Waals surface area contributed by atoms with Crippen molar-refractivity contribution in [2.45, 2.75) is 32.8 Å². The molecule has 0 radical (unpaired) electrons. The third-order valence-electron chi connectivity index (χ3n) is 3.99. The lowest BCUT2D eigenvalue weighted by molar-refractivity contribution is -0.153. The Morgan fingerprint density at radius 3 is 2.30 bits per heavy atom. The van der Waals surface area contributed by atoms with Crippen LogP contribution < -0.4 is 14.8 Å². The number of benzene rings is 2. The molecule has 0 aromatic heterocycles. The van der Waals surface area contributed by atoms with Crippen molar-refractivity contribution in [2.75, 3.05) is 19.5 Å². The van der Waals surface area contributed by atoms with E-state index < -0.39 is 12.1 Å². The van der Waals surface area contributed by atoms with Crippen LogP contribution in [-0.4, -0.2) is 32.2 Å². The molecule has 0 spiro atoms. The molecule has 0 aliphatic heterocycles. The summed E-state index contributed by atoms with van der Waals surface area (Å²) in [4.78, 5) is 24.3. The first-order valence-corrected chi connectivity index (χ1v) is 8.70. The second kappa shape index (κ2) is 9.62. The van der Waals surface area contributed by atoms with Gasteiger partial charge < -0.3 is 19.5 Å². The quantitative estimate of drug-likeness (QED) is 0.719. The fourth-order valence-corrected chi connectivity index (χ4v) is 2.53. The van der Waals surface area contributed by atoms with Gasteiger partial charge in [-0.3, -0.25) is 9.59 Å². The summed E-state index contributed by atoms with van der Waals surface area (Å²) in [6.07, 6.45) is -0.269. The Balaban J connectivity index is 1.86. The summed E-state index contributed by atoms with van der Waals surface area (Å²) in [6.45, 7) is 3.49. The molecule has 0 heterocycles. The van der Waals surface area contributed by atoms with Crippen LogP contribution in [0.2, 0.25) is 0 Å². The Morgan fingerprint density at radius 1 is 1.04 bits per heavy atom. The minimum absolute atomic E-state index is 0.151. The van der Waals surface area contributed by atoms with E-state index in [0.29, 0.717) is 23.6 Å². The Hall–Kier alpha value is -3.02. The van der Waals surface area contributed by atoms with Gasteiger partial charge in [0.05, 0.1) is 14.2 Å². The van der Waals surface area contributed by atoms with Crippen LogP contribution in [0.15, 0.2) is 42.5 Å². The minimum atomic E-state index is -0.877. The zero-order valence-electron chi connectivity index (χ0n) is 16.1. The van der Waals surface area contributed by atoms with Crippen LogP contribution >= 0.6 is 0 Å². The molecule has 1 N–H and O–H groups in total. The highest BCUT2D eigenvalue weighted by Crippen LogP contribution is 2.23. The molecular formula is C21H25NO5. The molecule has 6 heteroatoms. The Kier molecular flexibility index (Phi) is 7.23. The molecule has 0 saturated carbocycles. The fourth-order valence-electron chi connectivity index (χ4n) is 2.53. The first-order chi connectivity index (χ1) is 12.9. The number of ether oxygens (including phenoxy) is 3. The number of amides is 1. The molecule has 2 rings (SSSR count). The predicted octanol–water partition coefficient (Wildman–Crippen LogP) is 3.52. The zero-order valence-corrected chi connectivity index (χ0v) is 16.1. The lowest BCUT2D eigenvalue weighted by Crippen LogP contribution is -2.30. The van der Waals surface area contributed by atoms with Gasteiger partial charge in [0.25, 0.3) is 5.91 Å². The van der Waals surface area contributed by atoms with Gasteiger partial charge in [-0.05, 0) is 55.7 Å².